The van der Waals surface area contributed by atoms with Crippen LogP contribution in [0.25, 0.3) is 0 Å². The molecular weight excluding hydrogens is 360 g/mol. The van der Waals surface area contributed by atoms with Gasteiger partial charge in [-0.1, -0.05) is 26.0 Å². The molecule has 1 aromatic heterocycles. The molecular formula is C20H22N4O2S. The van der Waals surface area contributed by atoms with Crippen molar-refractivity contribution in [2.75, 3.05) is 18.2 Å². The van der Waals surface area contributed by atoms with E-state index in [0.717, 1.165) is 34.6 Å². The quantitative estimate of drug-likeness (QED) is 0.682. The first kappa shape index (κ1) is 17.7. The summed E-state index contributed by atoms with van der Waals surface area (Å²) in [6, 6.07) is 7.72. The standard InChI is InChI=1S/C20H22N4O2S/c1-20(2)8-12-15(13(25)9-20)14(10-4-6-11(26-3)7-5-10)16-17(21)23-19(27)24-18(16)22-12/h4-7,14H,8-9H2,1-3H3,(H4,21,22,23,24,27). The van der Waals surface area contributed by atoms with E-state index in [2.05, 4.69) is 29.1 Å². The monoisotopic (exact) mass is 382 g/mol. The third kappa shape index (κ3) is 3.02. The average molecular weight is 382 g/mol. The maximum atomic E-state index is 13.1. The van der Waals surface area contributed by atoms with E-state index in [-0.39, 0.29) is 17.1 Å². The van der Waals surface area contributed by atoms with Crippen molar-refractivity contribution in [3.05, 3.63) is 51.4 Å². The summed E-state index contributed by atoms with van der Waals surface area (Å²) >= 11 is 5.20. The van der Waals surface area contributed by atoms with Crippen LogP contribution in [0.1, 0.15) is 43.7 Å². The molecule has 2 aliphatic rings. The third-order valence-corrected chi connectivity index (χ3v) is 5.41. The van der Waals surface area contributed by atoms with Gasteiger partial charge in [0.05, 0.1) is 7.11 Å². The molecule has 1 atom stereocenters. The molecule has 27 heavy (non-hydrogen) atoms. The second kappa shape index (κ2) is 6.20. The van der Waals surface area contributed by atoms with Gasteiger partial charge in [0.25, 0.3) is 0 Å². The minimum atomic E-state index is -0.287. The molecule has 6 nitrogen and oxygen atoms in total. The SMILES string of the molecule is COc1ccc(C2C3=C(CC(C)(C)CC3=O)Nc3nc(=S)[nH]c(N)c32)cc1. The van der Waals surface area contributed by atoms with Crippen LogP contribution in [0.4, 0.5) is 11.6 Å². The number of ketones is 1. The smallest absolute Gasteiger partial charge is 0.200 e. The van der Waals surface area contributed by atoms with E-state index in [1.165, 1.54) is 0 Å². The van der Waals surface area contributed by atoms with E-state index in [1.54, 1.807) is 7.11 Å². The molecule has 0 fully saturated rings. The van der Waals surface area contributed by atoms with Crippen LogP contribution in [0.15, 0.2) is 35.5 Å². The number of hydrogen-bond donors (Lipinski definition) is 3. The maximum Gasteiger partial charge on any atom is 0.200 e. The molecule has 2 heterocycles. The molecule has 0 spiro atoms. The third-order valence-electron chi connectivity index (χ3n) is 5.22. The Labute approximate surface area is 162 Å². The highest BCUT2D eigenvalue weighted by atomic mass is 32.1. The normalized spacial score (nSPS) is 20.6. The number of rotatable bonds is 2. The number of allylic oxidation sites excluding steroid dienone is 2. The van der Waals surface area contributed by atoms with Crippen LogP contribution < -0.4 is 15.8 Å². The fraction of sp³-hybridized carbons (Fsp3) is 0.350. The van der Waals surface area contributed by atoms with E-state index >= 15 is 0 Å². The fourth-order valence-corrected chi connectivity index (χ4v) is 4.29. The average Bonchev–Trinajstić information content (AvgIpc) is 2.58. The number of nitrogens with one attached hydrogen (secondary N) is 2. The molecule has 0 saturated heterocycles. The zero-order valence-corrected chi connectivity index (χ0v) is 16.4. The van der Waals surface area contributed by atoms with E-state index < -0.39 is 0 Å². The molecule has 0 radical (unpaired) electrons. The first-order chi connectivity index (χ1) is 12.8. The Kier molecular flexibility index (Phi) is 4.07. The van der Waals surface area contributed by atoms with Crippen LogP contribution in [0.5, 0.6) is 5.75 Å². The highest BCUT2D eigenvalue weighted by molar-refractivity contribution is 7.71. The van der Waals surface area contributed by atoms with Gasteiger partial charge in [-0.15, -0.1) is 0 Å². The lowest BCUT2D eigenvalue weighted by atomic mass is 9.69. The Morgan fingerprint density at radius 2 is 1.96 bits per heavy atom. The van der Waals surface area contributed by atoms with Crippen LogP contribution in [-0.4, -0.2) is 22.9 Å². The number of nitrogens with zero attached hydrogens (tertiary/aromatic N) is 1. The molecule has 0 saturated carbocycles. The number of aromatic amines is 1. The van der Waals surface area contributed by atoms with Gasteiger partial charge in [0.2, 0.25) is 0 Å². The van der Waals surface area contributed by atoms with Gasteiger partial charge in [0.1, 0.15) is 17.4 Å². The predicted octanol–water partition coefficient (Wildman–Crippen LogP) is 3.93. The van der Waals surface area contributed by atoms with Crippen LogP contribution in [-0.2, 0) is 4.79 Å². The second-order valence-corrected chi connectivity index (χ2v) is 8.27. The summed E-state index contributed by atoms with van der Waals surface area (Å²) in [7, 11) is 1.63. The van der Waals surface area contributed by atoms with Crippen molar-refractivity contribution in [1.82, 2.24) is 9.97 Å². The molecule has 1 aliphatic carbocycles. The minimum absolute atomic E-state index is 0.103. The second-order valence-electron chi connectivity index (χ2n) is 7.88. The van der Waals surface area contributed by atoms with Crippen LogP contribution in [0.2, 0.25) is 0 Å². The Hall–Kier alpha value is -2.67. The Balaban J connectivity index is 1.95. The summed E-state index contributed by atoms with van der Waals surface area (Å²) < 4.78 is 5.59. The van der Waals surface area contributed by atoms with Gasteiger partial charge in [-0.05, 0) is 41.7 Å². The molecule has 4 N–H and O–H groups in total. The summed E-state index contributed by atoms with van der Waals surface area (Å²) in [5.41, 5.74) is 9.60. The van der Waals surface area contributed by atoms with Gasteiger partial charge < -0.3 is 20.8 Å². The highest BCUT2D eigenvalue weighted by Gasteiger charge is 2.42. The number of ether oxygens (including phenoxy) is 1. The van der Waals surface area contributed by atoms with Gasteiger partial charge in [0, 0.05) is 29.2 Å². The maximum absolute atomic E-state index is 13.1. The van der Waals surface area contributed by atoms with Gasteiger partial charge in [-0.25, -0.2) is 4.98 Å². The molecule has 0 bridgehead atoms. The zero-order valence-electron chi connectivity index (χ0n) is 15.6. The number of hydrogen-bond acceptors (Lipinski definition) is 6. The lowest BCUT2D eigenvalue weighted by Crippen LogP contribution is -2.34. The van der Waals surface area contributed by atoms with E-state index in [0.29, 0.717) is 22.8 Å². The first-order valence-electron chi connectivity index (χ1n) is 8.86. The number of methoxy groups -OCH3 is 1. The molecule has 7 heteroatoms. The molecule has 140 valence electrons. The Bertz CT molecular complexity index is 1020. The Morgan fingerprint density at radius 3 is 2.63 bits per heavy atom. The lowest BCUT2D eigenvalue weighted by Gasteiger charge is -2.39. The fourth-order valence-electron chi connectivity index (χ4n) is 4.09. The number of aromatic nitrogens is 2. The van der Waals surface area contributed by atoms with Crippen LogP contribution >= 0.6 is 12.2 Å². The van der Waals surface area contributed by atoms with E-state index in [9.17, 15) is 4.79 Å². The number of H-pyrrole nitrogens is 1. The van der Waals surface area contributed by atoms with Gasteiger partial charge in [-0.3, -0.25) is 4.79 Å². The van der Waals surface area contributed by atoms with Crippen molar-refractivity contribution < 1.29 is 9.53 Å². The van der Waals surface area contributed by atoms with Crippen molar-refractivity contribution in [2.24, 2.45) is 5.41 Å². The van der Waals surface area contributed by atoms with Crippen molar-refractivity contribution in [1.29, 1.82) is 0 Å². The molecule has 0 amide bonds. The zero-order chi connectivity index (χ0) is 19.3. The first-order valence-corrected chi connectivity index (χ1v) is 9.27. The van der Waals surface area contributed by atoms with Crippen molar-refractivity contribution in [2.45, 2.75) is 32.6 Å². The minimum Gasteiger partial charge on any atom is -0.497 e. The summed E-state index contributed by atoms with van der Waals surface area (Å²) in [5.74, 6) is 1.67. The van der Waals surface area contributed by atoms with E-state index in [1.807, 2.05) is 24.3 Å². The number of nitrogen functional groups attached to an aromatic ring is 1. The van der Waals surface area contributed by atoms with Crippen LogP contribution in [0, 0.1) is 10.2 Å². The number of fused-ring (bicyclic) bond motifs is 1. The number of nitrogens with two attached hydrogens (primary N) is 1. The van der Waals surface area contributed by atoms with E-state index in [4.69, 9.17) is 22.7 Å². The highest BCUT2D eigenvalue weighted by Crippen LogP contribution is 2.49. The van der Waals surface area contributed by atoms with Crippen molar-refractivity contribution in [3.8, 4) is 5.75 Å². The molecule has 2 aromatic rings. The summed E-state index contributed by atoms with van der Waals surface area (Å²) in [6.45, 7) is 4.21. The van der Waals surface area contributed by atoms with Gasteiger partial charge in [0.15, 0.2) is 10.6 Å². The van der Waals surface area contributed by atoms with Crippen molar-refractivity contribution >= 4 is 29.6 Å². The van der Waals surface area contributed by atoms with Gasteiger partial charge in [-0.2, -0.15) is 0 Å². The lowest BCUT2D eigenvalue weighted by molar-refractivity contribution is -0.118. The molecule has 1 aliphatic heterocycles. The number of benzene rings is 1. The topological polar surface area (TPSA) is 93.0 Å². The largest absolute Gasteiger partial charge is 0.497 e. The molecule has 1 aromatic carbocycles. The number of carbonyl (C=O) groups is 1. The van der Waals surface area contributed by atoms with Crippen LogP contribution in [0.3, 0.4) is 0 Å². The number of anilines is 2. The summed E-state index contributed by atoms with van der Waals surface area (Å²) in [5, 5.41) is 3.35. The molecule has 1 unspecified atom stereocenters. The number of carbonyl (C=O) groups excluding carboxylic acids is 1. The van der Waals surface area contributed by atoms with Crippen molar-refractivity contribution in [3.63, 3.8) is 0 Å². The van der Waals surface area contributed by atoms with Gasteiger partial charge >= 0.3 is 0 Å². The Morgan fingerprint density at radius 1 is 1.26 bits per heavy atom. The predicted molar refractivity (Wildman–Crippen MR) is 107 cm³/mol. The summed E-state index contributed by atoms with van der Waals surface area (Å²) in [4.78, 5) is 20.5. The number of Topliss-reactive ketones (excluding diaryl/α,β-unsaturated/α-hetero) is 1. The summed E-state index contributed by atoms with van der Waals surface area (Å²) in [6.07, 6.45) is 1.28. The molecule has 4 rings (SSSR count).